The summed E-state index contributed by atoms with van der Waals surface area (Å²) < 4.78 is 5.28. The van der Waals surface area contributed by atoms with Crippen LogP contribution in [0.1, 0.15) is 41.4 Å². The first-order chi connectivity index (χ1) is 12.2. The first-order valence-corrected chi connectivity index (χ1v) is 8.57. The molecule has 0 unspecified atom stereocenters. The zero-order valence-corrected chi connectivity index (χ0v) is 14.8. The number of guanidine groups is 1. The number of amides is 1. The zero-order chi connectivity index (χ0) is 17.9. The molecule has 0 saturated heterocycles. The number of furan rings is 1. The van der Waals surface area contributed by atoms with Gasteiger partial charge in [-0.1, -0.05) is 25.5 Å². The van der Waals surface area contributed by atoms with Crippen molar-refractivity contribution in [1.82, 2.24) is 16.0 Å². The van der Waals surface area contributed by atoms with Gasteiger partial charge in [0.25, 0.3) is 5.91 Å². The average Bonchev–Trinajstić information content (AvgIpc) is 3.16. The van der Waals surface area contributed by atoms with Crippen molar-refractivity contribution in [3.8, 4) is 0 Å². The molecule has 134 valence electrons. The Bertz CT molecular complexity index is 663. The summed E-state index contributed by atoms with van der Waals surface area (Å²) in [5.41, 5.74) is 1.76. The van der Waals surface area contributed by atoms with Gasteiger partial charge in [0.1, 0.15) is 5.76 Å². The van der Waals surface area contributed by atoms with Gasteiger partial charge in [0.2, 0.25) is 0 Å². The molecule has 0 aliphatic heterocycles. The number of hydrogen-bond donors (Lipinski definition) is 3. The van der Waals surface area contributed by atoms with Crippen LogP contribution in [-0.2, 0) is 13.1 Å². The van der Waals surface area contributed by atoms with E-state index >= 15 is 0 Å². The van der Waals surface area contributed by atoms with E-state index < -0.39 is 0 Å². The molecule has 2 rings (SSSR count). The van der Waals surface area contributed by atoms with Crippen molar-refractivity contribution >= 4 is 11.9 Å². The smallest absolute Gasteiger partial charge is 0.251 e. The maximum Gasteiger partial charge on any atom is 0.251 e. The van der Waals surface area contributed by atoms with E-state index in [1.165, 1.54) is 0 Å². The van der Waals surface area contributed by atoms with Gasteiger partial charge in [-0.15, -0.1) is 0 Å². The van der Waals surface area contributed by atoms with E-state index in [1.54, 1.807) is 13.3 Å². The number of benzene rings is 1. The highest BCUT2D eigenvalue weighted by Crippen LogP contribution is 2.05. The second-order valence-electron chi connectivity index (χ2n) is 5.67. The molecule has 6 nitrogen and oxygen atoms in total. The van der Waals surface area contributed by atoms with Gasteiger partial charge in [-0.3, -0.25) is 9.79 Å². The number of rotatable bonds is 8. The van der Waals surface area contributed by atoms with Gasteiger partial charge >= 0.3 is 0 Å². The van der Waals surface area contributed by atoms with E-state index in [2.05, 4.69) is 27.9 Å². The summed E-state index contributed by atoms with van der Waals surface area (Å²) in [6, 6.07) is 11.3. The second kappa shape index (κ2) is 10.2. The molecule has 0 radical (unpaired) electrons. The Hall–Kier alpha value is -2.76. The molecule has 0 saturated carbocycles. The van der Waals surface area contributed by atoms with Crippen LogP contribution in [0.2, 0.25) is 0 Å². The molecule has 1 aromatic heterocycles. The number of carbonyl (C=O) groups excluding carboxylic acids is 1. The molecule has 1 aromatic carbocycles. The Morgan fingerprint density at radius 2 is 1.84 bits per heavy atom. The number of aliphatic imine (C=N–C) groups is 1. The van der Waals surface area contributed by atoms with Gasteiger partial charge in [-0.2, -0.15) is 0 Å². The second-order valence-corrected chi connectivity index (χ2v) is 5.67. The lowest BCUT2D eigenvalue weighted by molar-refractivity contribution is 0.0953. The van der Waals surface area contributed by atoms with Crippen LogP contribution in [0, 0.1) is 0 Å². The summed E-state index contributed by atoms with van der Waals surface area (Å²) >= 11 is 0. The van der Waals surface area contributed by atoms with Crippen LogP contribution >= 0.6 is 0 Å². The Kier molecular flexibility index (Phi) is 7.56. The molecule has 3 N–H and O–H groups in total. The minimum Gasteiger partial charge on any atom is -0.467 e. The highest BCUT2D eigenvalue weighted by atomic mass is 16.3. The molecular formula is C19H26N4O2. The number of nitrogens with one attached hydrogen (secondary N) is 3. The molecule has 25 heavy (non-hydrogen) atoms. The third kappa shape index (κ3) is 6.33. The predicted molar refractivity (Wildman–Crippen MR) is 99.4 cm³/mol. The molecule has 1 amide bonds. The van der Waals surface area contributed by atoms with Crippen molar-refractivity contribution in [3.63, 3.8) is 0 Å². The quantitative estimate of drug-likeness (QED) is 0.391. The summed E-state index contributed by atoms with van der Waals surface area (Å²) in [7, 11) is 1.72. The molecule has 0 fully saturated rings. The topological polar surface area (TPSA) is 78.7 Å². The predicted octanol–water partition coefficient (Wildman–Crippen LogP) is 2.67. The van der Waals surface area contributed by atoms with Crippen LogP contribution in [-0.4, -0.2) is 25.5 Å². The maximum absolute atomic E-state index is 12.0. The van der Waals surface area contributed by atoms with E-state index in [4.69, 9.17) is 4.42 Å². The van der Waals surface area contributed by atoms with Crippen molar-refractivity contribution in [2.45, 2.75) is 32.9 Å². The SMILES string of the molecule is CCCCNC(=O)c1ccc(CNC(=NC)NCc2ccco2)cc1. The minimum atomic E-state index is -0.0242. The largest absolute Gasteiger partial charge is 0.467 e. The van der Waals surface area contributed by atoms with E-state index in [9.17, 15) is 4.79 Å². The van der Waals surface area contributed by atoms with Crippen molar-refractivity contribution in [2.24, 2.45) is 4.99 Å². The van der Waals surface area contributed by atoms with E-state index in [-0.39, 0.29) is 5.91 Å². The monoisotopic (exact) mass is 342 g/mol. The molecule has 0 aliphatic rings. The van der Waals surface area contributed by atoms with Gasteiger partial charge in [-0.05, 0) is 36.2 Å². The fourth-order valence-corrected chi connectivity index (χ4v) is 2.25. The van der Waals surface area contributed by atoms with Crippen molar-refractivity contribution in [2.75, 3.05) is 13.6 Å². The van der Waals surface area contributed by atoms with Crippen LogP contribution < -0.4 is 16.0 Å². The van der Waals surface area contributed by atoms with Gasteiger partial charge in [-0.25, -0.2) is 0 Å². The van der Waals surface area contributed by atoms with E-state index in [0.717, 1.165) is 30.7 Å². The van der Waals surface area contributed by atoms with Gasteiger partial charge in [0, 0.05) is 25.7 Å². The number of unbranched alkanes of at least 4 members (excludes halogenated alkanes) is 1. The van der Waals surface area contributed by atoms with Crippen LogP contribution in [0.15, 0.2) is 52.1 Å². The van der Waals surface area contributed by atoms with Crippen LogP contribution in [0.3, 0.4) is 0 Å². The van der Waals surface area contributed by atoms with Gasteiger partial charge in [0.05, 0.1) is 12.8 Å². The van der Waals surface area contributed by atoms with E-state index in [1.807, 2.05) is 36.4 Å². The molecule has 1 heterocycles. The van der Waals surface area contributed by atoms with E-state index in [0.29, 0.717) is 24.6 Å². The fourth-order valence-electron chi connectivity index (χ4n) is 2.25. The lowest BCUT2D eigenvalue weighted by atomic mass is 10.1. The molecule has 0 bridgehead atoms. The fraction of sp³-hybridized carbons (Fsp3) is 0.368. The molecule has 0 spiro atoms. The highest BCUT2D eigenvalue weighted by Gasteiger charge is 2.05. The summed E-state index contributed by atoms with van der Waals surface area (Å²) in [5.74, 6) is 1.52. The molecule has 6 heteroatoms. The highest BCUT2D eigenvalue weighted by molar-refractivity contribution is 5.94. The minimum absolute atomic E-state index is 0.0242. The molecule has 0 atom stereocenters. The first-order valence-electron chi connectivity index (χ1n) is 8.57. The van der Waals surface area contributed by atoms with Gasteiger partial charge in [0.15, 0.2) is 5.96 Å². The number of carbonyl (C=O) groups is 1. The third-order valence-electron chi connectivity index (χ3n) is 3.73. The van der Waals surface area contributed by atoms with Gasteiger partial charge < -0.3 is 20.4 Å². The summed E-state index contributed by atoms with van der Waals surface area (Å²) in [6.45, 7) is 4.01. The summed E-state index contributed by atoms with van der Waals surface area (Å²) in [5, 5.41) is 9.33. The maximum atomic E-state index is 12.0. The Labute approximate surface area is 148 Å². The average molecular weight is 342 g/mol. The Balaban J connectivity index is 1.78. The lowest BCUT2D eigenvalue weighted by Crippen LogP contribution is -2.36. The normalized spacial score (nSPS) is 11.2. The third-order valence-corrected chi connectivity index (χ3v) is 3.73. The van der Waals surface area contributed by atoms with Crippen LogP contribution in [0.5, 0.6) is 0 Å². The standard InChI is InChI=1S/C19H26N4O2/c1-3-4-11-21-18(24)16-9-7-15(8-10-16)13-22-19(20-2)23-14-17-6-5-12-25-17/h5-10,12H,3-4,11,13-14H2,1-2H3,(H,21,24)(H2,20,22,23). The molecule has 2 aromatic rings. The van der Waals surface area contributed by atoms with Crippen LogP contribution in [0.4, 0.5) is 0 Å². The van der Waals surface area contributed by atoms with Crippen molar-refractivity contribution < 1.29 is 9.21 Å². The first kappa shape index (κ1) is 18.6. The van der Waals surface area contributed by atoms with Crippen molar-refractivity contribution in [1.29, 1.82) is 0 Å². The number of hydrogen-bond acceptors (Lipinski definition) is 3. The lowest BCUT2D eigenvalue weighted by Gasteiger charge is -2.11. The van der Waals surface area contributed by atoms with Crippen molar-refractivity contribution in [3.05, 3.63) is 59.5 Å². The summed E-state index contributed by atoms with van der Waals surface area (Å²) in [6.07, 6.45) is 3.71. The van der Waals surface area contributed by atoms with Crippen LogP contribution in [0.25, 0.3) is 0 Å². The Morgan fingerprint density at radius 3 is 2.48 bits per heavy atom. The summed E-state index contributed by atoms with van der Waals surface area (Å²) in [4.78, 5) is 16.2. The zero-order valence-electron chi connectivity index (χ0n) is 14.8. The molecule has 0 aliphatic carbocycles. The molecular weight excluding hydrogens is 316 g/mol. The Morgan fingerprint density at radius 1 is 1.08 bits per heavy atom. The number of nitrogens with zero attached hydrogens (tertiary/aromatic N) is 1.